The van der Waals surface area contributed by atoms with E-state index in [9.17, 15) is 24.0 Å². The van der Waals surface area contributed by atoms with E-state index in [1.807, 2.05) is 50.3 Å². The fourth-order valence-electron chi connectivity index (χ4n) is 4.13. The molecule has 0 saturated heterocycles. The molecule has 1 heterocycles. The van der Waals surface area contributed by atoms with Gasteiger partial charge in [-0.2, -0.15) is 0 Å². The molecule has 0 unspecified atom stereocenters. The van der Waals surface area contributed by atoms with Gasteiger partial charge in [-0.3, -0.25) is 24.5 Å². The van der Waals surface area contributed by atoms with Gasteiger partial charge in [-0.15, -0.1) is 0 Å². The normalized spacial score (nSPS) is 16.8. The van der Waals surface area contributed by atoms with Crippen LogP contribution >= 0.6 is 0 Å². The Morgan fingerprint density at radius 3 is 2.35 bits per heavy atom. The molecule has 2 rings (SSSR count). The fourth-order valence-corrected chi connectivity index (χ4v) is 4.13. The van der Waals surface area contributed by atoms with Crippen LogP contribution in [0.25, 0.3) is 0 Å². The van der Waals surface area contributed by atoms with Crippen molar-refractivity contribution in [1.82, 2.24) is 21.3 Å². The van der Waals surface area contributed by atoms with E-state index in [2.05, 4.69) is 21.3 Å². The summed E-state index contributed by atoms with van der Waals surface area (Å²) in [7, 11) is 0. The summed E-state index contributed by atoms with van der Waals surface area (Å²) in [6, 6.07) is 6.07. The minimum absolute atomic E-state index is 0.0278. The van der Waals surface area contributed by atoms with Gasteiger partial charge in [-0.1, -0.05) is 62.4 Å². The lowest BCUT2D eigenvalue weighted by Crippen LogP contribution is -2.57. The van der Waals surface area contributed by atoms with Crippen LogP contribution < -0.4 is 27.0 Å². The second kappa shape index (κ2) is 16.9. The lowest BCUT2D eigenvalue weighted by atomic mass is 10.0. The maximum atomic E-state index is 13.5. The van der Waals surface area contributed by atoms with Crippen LogP contribution in [0.4, 0.5) is 0 Å². The molecular weight excluding hydrogens is 514 g/mol. The Bertz CT molecular complexity index is 1070. The zero-order chi connectivity index (χ0) is 29.5. The maximum absolute atomic E-state index is 13.5. The van der Waals surface area contributed by atoms with Crippen molar-refractivity contribution < 1.29 is 28.7 Å². The van der Waals surface area contributed by atoms with E-state index in [0.29, 0.717) is 13.0 Å². The zero-order valence-electron chi connectivity index (χ0n) is 23.4. The number of carbonyl (C=O) groups is 5. The molecule has 0 radical (unpaired) electrons. The lowest BCUT2D eigenvalue weighted by molar-refractivity contribution is -0.137. The van der Waals surface area contributed by atoms with Crippen LogP contribution in [0.15, 0.2) is 54.6 Å². The Hall–Kier alpha value is -3.99. The van der Waals surface area contributed by atoms with Crippen molar-refractivity contribution in [3.8, 4) is 0 Å². The Kier molecular flexibility index (Phi) is 13.6. The molecular formula is C29H41N5O6. The third-order valence-corrected chi connectivity index (χ3v) is 6.10. The minimum Gasteiger partial charge on any atom is -0.463 e. The Morgan fingerprint density at radius 2 is 1.75 bits per heavy atom. The van der Waals surface area contributed by atoms with Crippen molar-refractivity contribution in [2.45, 2.75) is 70.6 Å². The van der Waals surface area contributed by atoms with E-state index in [1.165, 1.54) is 12.2 Å². The predicted molar refractivity (Wildman–Crippen MR) is 151 cm³/mol. The molecule has 1 aliphatic rings. The van der Waals surface area contributed by atoms with Crippen molar-refractivity contribution in [2.75, 3.05) is 13.2 Å². The third kappa shape index (κ3) is 11.8. The quantitative estimate of drug-likeness (QED) is 0.113. The Labute approximate surface area is 235 Å². The van der Waals surface area contributed by atoms with Gasteiger partial charge >= 0.3 is 5.97 Å². The molecule has 0 bridgehead atoms. The summed E-state index contributed by atoms with van der Waals surface area (Å²) in [4.78, 5) is 62.9. The summed E-state index contributed by atoms with van der Waals surface area (Å²) >= 11 is 0. The zero-order valence-corrected chi connectivity index (χ0v) is 23.4. The van der Waals surface area contributed by atoms with Crippen molar-refractivity contribution in [2.24, 2.45) is 11.7 Å². The molecule has 0 aromatic heterocycles. The van der Waals surface area contributed by atoms with E-state index < -0.39 is 47.9 Å². The molecule has 6 N–H and O–H groups in total. The van der Waals surface area contributed by atoms with Crippen LogP contribution in [-0.2, 0) is 35.1 Å². The summed E-state index contributed by atoms with van der Waals surface area (Å²) in [5.74, 6) is -2.39. The van der Waals surface area contributed by atoms with Gasteiger partial charge in [-0.25, -0.2) is 4.79 Å². The number of hydrogen-bond donors (Lipinski definition) is 5. The standard InChI is InChI=1S/C29H41N5O6/c1-4-40-26(36)15-13-21(12-14-25(30)35)32-28(38)24(18-20-9-6-5-7-10-20)34-29(39)23(17-19(2)3)33-27(37)22-11-8-16-31-22/h5-11,13,15,19,21-24,31H,4,12,14,16-18H2,1-3H3,(H2,30,35)(H,32,38)(H,33,37)(H,34,39)/b15-13+/t21-,22-,23-,24-/m0/s1. The van der Waals surface area contributed by atoms with Crippen LogP contribution in [0.2, 0.25) is 0 Å². The molecule has 0 aliphatic carbocycles. The van der Waals surface area contributed by atoms with Gasteiger partial charge in [0.15, 0.2) is 0 Å². The smallest absolute Gasteiger partial charge is 0.330 e. The highest BCUT2D eigenvalue weighted by molar-refractivity contribution is 5.94. The van der Waals surface area contributed by atoms with Gasteiger partial charge in [-0.05, 0) is 31.2 Å². The van der Waals surface area contributed by atoms with Crippen LogP contribution in [0.1, 0.15) is 45.6 Å². The van der Waals surface area contributed by atoms with Crippen molar-refractivity contribution in [3.05, 3.63) is 60.2 Å². The molecule has 40 heavy (non-hydrogen) atoms. The van der Waals surface area contributed by atoms with Crippen LogP contribution in [-0.4, -0.2) is 66.9 Å². The maximum Gasteiger partial charge on any atom is 0.330 e. The summed E-state index contributed by atoms with van der Waals surface area (Å²) in [6.07, 6.45) is 6.87. The SMILES string of the molecule is CCOC(=O)/C=C/[C@H](CCC(N)=O)NC(=O)[C@H](Cc1ccccc1)NC(=O)[C@H](CC(C)C)NC(=O)[C@@H]1C=CCN1. The Balaban J connectivity index is 2.23. The summed E-state index contributed by atoms with van der Waals surface area (Å²) in [5.41, 5.74) is 6.10. The highest BCUT2D eigenvalue weighted by atomic mass is 16.5. The molecule has 11 nitrogen and oxygen atoms in total. The van der Waals surface area contributed by atoms with Gasteiger partial charge in [0.05, 0.1) is 6.61 Å². The molecule has 1 aliphatic heterocycles. The van der Waals surface area contributed by atoms with Crippen LogP contribution in [0.3, 0.4) is 0 Å². The van der Waals surface area contributed by atoms with Gasteiger partial charge in [0, 0.05) is 31.5 Å². The van der Waals surface area contributed by atoms with E-state index in [-0.39, 0.29) is 37.7 Å². The van der Waals surface area contributed by atoms with Crippen molar-refractivity contribution in [1.29, 1.82) is 0 Å². The summed E-state index contributed by atoms with van der Waals surface area (Å²) in [6.45, 7) is 6.31. The van der Waals surface area contributed by atoms with Crippen molar-refractivity contribution in [3.63, 3.8) is 0 Å². The topological polar surface area (TPSA) is 169 Å². The first-order valence-electron chi connectivity index (χ1n) is 13.6. The first-order chi connectivity index (χ1) is 19.1. The number of primary amides is 1. The largest absolute Gasteiger partial charge is 0.463 e. The monoisotopic (exact) mass is 555 g/mol. The van der Waals surface area contributed by atoms with Gasteiger partial charge in [0.25, 0.3) is 0 Å². The van der Waals surface area contributed by atoms with E-state index in [1.54, 1.807) is 13.0 Å². The highest BCUT2D eigenvalue weighted by Gasteiger charge is 2.30. The van der Waals surface area contributed by atoms with Gasteiger partial charge in [0.2, 0.25) is 23.6 Å². The number of rotatable bonds is 16. The molecule has 4 atom stereocenters. The molecule has 11 heteroatoms. The number of nitrogens with one attached hydrogen (secondary N) is 4. The number of carbonyl (C=O) groups excluding carboxylic acids is 5. The molecule has 218 valence electrons. The van der Waals surface area contributed by atoms with E-state index in [4.69, 9.17) is 10.5 Å². The lowest BCUT2D eigenvalue weighted by Gasteiger charge is -2.26. The van der Waals surface area contributed by atoms with Crippen LogP contribution in [0.5, 0.6) is 0 Å². The molecule has 1 aromatic rings. The van der Waals surface area contributed by atoms with Crippen LogP contribution in [0, 0.1) is 5.92 Å². The number of esters is 1. The molecule has 0 saturated carbocycles. The van der Waals surface area contributed by atoms with E-state index >= 15 is 0 Å². The predicted octanol–water partition coefficient (Wildman–Crippen LogP) is 0.642. The Morgan fingerprint density at radius 1 is 1.05 bits per heavy atom. The number of ether oxygens (including phenoxy) is 1. The third-order valence-electron chi connectivity index (χ3n) is 6.10. The molecule has 0 spiro atoms. The average Bonchev–Trinajstić information content (AvgIpc) is 3.45. The van der Waals surface area contributed by atoms with Gasteiger partial charge in [0.1, 0.15) is 18.1 Å². The van der Waals surface area contributed by atoms with E-state index in [0.717, 1.165) is 5.56 Å². The highest BCUT2D eigenvalue weighted by Crippen LogP contribution is 2.10. The van der Waals surface area contributed by atoms with Gasteiger partial charge < -0.3 is 26.4 Å². The second-order valence-electron chi connectivity index (χ2n) is 9.99. The summed E-state index contributed by atoms with van der Waals surface area (Å²) < 4.78 is 4.90. The average molecular weight is 556 g/mol. The molecule has 0 fully saturated rings. The second-order valence-corrected chi connectivity index (χ2v) is 9.99. The summed E-state index contributed by atoms with van der Waals surface area (Å²) in [5, 5.41) is 11.4. The number of nitrogens with two attached hydrogens (primary N) is 1. The first kappa shape index (κ1) is 32.2. The number of hydrogen-bond acceptors (Lipinski definition) is 7. The first-order valence-corrected chi connectivity index (χ1v) is 13.6. The molecule has 1 aromatic carbocycles. The minimum atomic E-state index is -1.00. The van der Waals surface area contributed by atoms with Crippen molar-refractivity contribution >= 4 is 29.6 Å². The number of amides is 4. The number of benzene rings is 1. The fraction of sp³-hybridized carbons (Fsp3) is 0.483. The molecule has 4 amide bonds.